The Hall–Kier alpha value is -1.82. The Morgan fingerprint density at radius 3 is 2.95 bits per heavy atom. The molecule has 0 radical (unpaired) electrons. The topological polar surface area (TPSA) is 56.9 Å². The molecular weight excluding hydrogens is 242 g/mol. The molecule has 2 rings (SSSR count). The van der Waals surface area contributed by atoms with Gasteiger partial charge < -0.3 is 19.2 Å². The Balaban J connectivity index is 1.63. The number of unbranched alkanes of at least 4 members (excludes halogenated alkanes) is 1. The van der Waals surface area contributed by atoms with Crippen LogP contribution in [-0.2, 0) is 17.8 Å². The first-order chi connectivity index (χ1) is 9.40. The summed E-state index contributed by atoms with van der Waals surface area (Å²) in [7, 11) is 1.71. The van der Waals surface area contributed by atoms with E-state index < -0.39 is 0 Å². The molecule has 0 fully saturated rings. The molecule has 0 aliphatic rings. The lowest BCUT2D eigenvalue weighted by molar-refractivity contribution is 0.187. The maximum absolute atomic E-state index is 5.07. The number of nitrogens with zero attached hydrogens (tertiary/aromatic N) is 4. The number of aromatic nitrogens is 4. The quantitative estimate of drug-likeness (QED) is 0.698. The molecule has 2 aromatic heterocycles. The molecule has 0 unspecified atom stereocenters. The average Bonchev–Trinajstić information content (AvgIpc) is 3.07. The van der Waals surface area contributed by atoms with Gasteiger partial charge in [-0.3, -0.25) is 0 Å². The number of hydrogen-bond donors (Lipinski definition) is 1. The summed E-state index contributed by atoms with van der Waals surface area (Å²) in [6.45, 7) is 3.47. The Morgan fingerprint density at radius 2 is 2.16 bits per heavy atom. The minimum absolute atomic E-state index is 0.700. The first kappa shape index (κ1) is 13.6. The minimum Gasteiger partial charge on any atom is -0.383 e. The van der Waals surface area contributed by atoms with Crippen LogP contribution in [0.4, 0.5) is 5.95 Å². The Labute approximate surface area is 113 Å². The minimum atomic E-state index is 0.700. The number of methoxy groups -OCH3 is 1. The molecule has 0 spiro atoms. The second-order valence-corrected chi connectivity index (χ2v) is 4.37. The second-order valence-electron chi connectivity index (χ2n) is 4.37. The van der Waals surface area contributed by atoms with Crippen molar-refractivity contribution in [3.05, 3.63) is 31.1 Å². The highest BCUT2D eigenvalue weighted by Crippen LogP contribution is 2.05. The highest BCUT2D eigenvalue weighted by Gasteiger charge is 2.01. The van der Waals surface area contributed by atoms with Gasteiger partial charge in [0.25, 0.3) is 0 Å². The summed E-state index contributed by atoms with van der Waals surface area (Å²) in [5.41, 5.74) is 0. The van der Waals surface area contributed by atoms with Crippen molar-refractivity contribution >= 4 is 5.95 Å². The monoisotopic (exact) mass is 263 g/mol. The van der Waals surface area contributed by atoms with E-state index in [-0.39, 0.29) is 0 Å². The fourth-order valence-electron chi connectivity index (χ4n) is 1.88. The molecule has 0 bridgehead atoms. The predicted octanol–water partition coefficient (Wildman–Crippen LogP) is 1.62. The first-order valence-electron chi connectivity index (χ1n) is 6.60. The molecule has 2 heterocycles. The van der Waals surface area contributed by atoms with Crippen LogP contribution in [0.3, 0.4) is 0 Å². The zero-order valence-corrected chi connectivity index (χ0v) is 11.3. The molecule has 0 aliphatic carbocycles. The van der Waals surface area contributed by atoms with Crippen molar-refractivity contribution < 1.29 is 4.74 Å². The second kappa shape index (κ2) is 7.58. The van der Waals surface area contributed by atoms with Crippen LogP contribution < -0.4 is 5.32 Å². The summed E-state index contributed by atoms with van der Waals surface area (Å²) in [4.78, 5) is 8.32. The van der Waals surface area contributed by atoms with Crippen LogP contribution in [0.25, 0.3) is 0 Å². The van der Waals surface area contributed by atoms with Crippen LogP contribution in [-0.4, -0.2) is 39.4 Å². The lowest BCUT2D eigenvalue weighted by atomic mass is 10.3. The average molecular weight is 263 g/mol. The van der Waals surface area contributed by atoms with Crippen LogP contribution in [0.5, 0.6) is 0 Å². The molecule has 104 valence electrons. The number of aryl methyl sites for hydroxylation is 1. The van der Waals surface area contributed by atoms with Crippen molar-refractivity contribution in [2.45, 2.75) is 25.9 Å². The number of nitrogens with one attached hydrogen (secondary N) is 1. The van der Waals surface area contributed by atoms with Crippen molar-refractivity contribution in [2.24, 2.45) is 0 Å². The normalized spacial score (nSPS) is 10.8. The lowest BCUT2D eigenvalue weighted by Crippen LogP contribution is -2.11. The fraction of sp³-hybridized carbons (Fsp3) is 0.538. The molecule has 0 aliphatic heterocycles. The van der Waals surface area contributed by atoms with Gasteiger partial charge in [-0.05, 0) is 12.8 Å². The Kier molecular flexibility index (Phi) is 5.43. The van der Waals surface area contributed by atoms with E-state index in [1.165, 1.54) is 0 Å². The molecule has 0 saturated heterocycles. The summed E-state index contributed by atoms with van der Waals surface area (Å²) in [5.74, 6) is 0.916. The fourth-order valence-corrected chi connectivity index (χ4v) is 1.88. The first-order valence-corrected chi connectivity index (χ1v) is 6.60. The van der Waals surface area contributed by atoms with Crippen LogP contribution in [0.1, 0.15) is 12.8 Å². The maximum atomic E-state index is 5.07. The van der Waals surface area contributed by atoms with Gasteiger partial charge >= 0.3 is 0 Å². The van der Waals surface area contributed by atoms with Gasteiger partial charge in [-0.25, -0.2) is 9.97 Å². The van der Waals surface area contributed by atoms with E-state index in [9.17, 15) is 0 Å². The van der Waals surface area contributed by atoms with Crippen molar-refractivity contribution in [3.8, 4) is 0 Å². The molecule has 1 N–H and O–H groups in total. The van der Waals surface area contributed by atoms with E-state index in [0.29, 0.717) is 6.61 Å². The molecule has 0 saturated carbocycles. The molecule has 6 nitrogen and oxygen atoms in total. The van der Waals surface area contributed by atoms with E-state index in [1.807, 2.05) is 31.1 Å². The van der Waals surface area contributed by atoms with Gasteiger partial charge in [0.2, 0.25) is 5.95 Å². The van der Waals surface area contributed by atoms with Crippen LogP contribution >= 0.6 is 0 Å². The van der Waals surface area contributed by atoms with Gasteiger partial charge in [0.1, 0.15) is 0 Å². The molecular formula is C13H21N5O. The van der Waals surface area contributed by atoms with Gasteiger partial charge in [0.15, 0.2) is 0 Å². The van der Waals surface area contributed by atoms with Crippen molar-refractivity contribution in [3.63, 3.8) is 0 Å². The van der Waals surface area contributed by atoms with Crippen LogP contribution in [0.15, 0.2) is 31.1 Å². The summed E-state index contributed by atoms with van der Waals surface area (Å²) in [6, 6.07) is 0. The van der Waals surface area contributed by atoms with Crippen LogP contribution in [0, 0.1) is 0 Å². The summed E-state index contributed by atoms with van der Waals surface area (Å²) in [5, 5.41) is 3.35. The molecule has 0 atom stereocenters. The van der Waals surface area contributed by atoms with E-state index >= 15 is 0 Å². The van der Waals surface area contributed by atoms with E-state index in [4.69, 9.17) is 4.74 Å². The van der Waals surface area contributed by atoms with Crippen LogP contribution in [0.2, 0.25) is 0 Å². The van der Waals surface area contributed by atoms with Gasteiger partial charge in [0.05, 0.1) is 12.9 Å². The number of ether oxygens (including phenoxy) is 1. The Bertz CT molecular complexity index is 451. The number of anilines is 1. The zero-order chi connectivity index (χ0) is 13.3. The third-order valence-corrected chi connectivity index (χ3v) is 2.94. The summed E-state index contributed by atoms with van der Waals surface area (Å²) < 4.78 is 9.24. The van der Waals surface area contributed by atoms with Gasteiger partial charge in [-0.2, -0.15) is 0 Å². The number of rotatable bonds is 9. The third-order valence-electron chi connectivity index (χ3n) is 2.94. The Morgan fingerprint density at radius 1 is 1.21 bits per heavy atom. The van der Waals surface area contributed by atoms with Gasteiger partial charge in [0, 0.05) is 51.5 Å². The highest BCUT2D eigenvalue weighted by atomic mass is 16.5. The van der Waals surface area contributed by atoms with E-state index in [2.05, 4.69) is 24.4 Å². The lowest BCUT2D eigenvalue weighted by Gasteiger charge is -2.09. The molecule has 0 aromatic carbocycles. The number of hydrogen-bond acceptors (Lipinski definition) is 4. The van der Waals surface area contributed by atoms with Gasteiger partial charge in [-0.1, -0.05) is 0 Å². The van der Waals surface area contributed by atoms with E-state index in [1.54, 1.807) is 7.11 Å². The highest BCUT2D eigenvalue weighted by molar-refractivity contribution is 5.25. The maximum Gasteiger partial charge on any atom is 0.202 e. The molecule has 2 aromatic rings. The van der Waals surface area contributed by atoms with E-state index in [0.717, 1.165) is 38.4 Å². The van der Waals surface area contributed by atoms with Crippen molar-refractivity contribution in [2.75, 3.05) is 25.6 Å². The summed E-state index contributed by atoms with van der Waals surface area (Å²) >= 11 is 0. The van der Waals surface area contributed by atoms with Crippen molar-refractivity contribution in [1.82, 2.24) is 19.1 Å². The van der Waals surface area contributed by atoms with Crippen molar-refractivity contribution in [1.29, 1.82) is 0 Å². The summed E-state index contributed by atoms with van der Waals surface area (Å²) in [6.07, 6.45) is 11.7. The third kappa shape index (κ3) is 4.40. The SMILES string of the molecule is COCCn1ccnc1NCCCCn1ccnc1. The standard InChI is InChI=1S/C13H21N5O/c1-19-11-10-18-9-6-16-13(18)15-4-2-3-7-17-8-5-14-12-17/h5-6,8-9,12H,2-4,7,10-11H2,1H3,(H,15,16). The smallest absolute Gasteiger partial charge is 0.202 e. The van der Waals surface area contributed by atoms with Gasteiger partial charge in [-0.15, -0.1) is 0 Å². The predicted molar refractivity (Wildman–Crippen MR) is 74.1 cm³/mol. The molecule has 0 amide bonds. The number of imidazole rings is 2. The zero-order valence-electron chi connectivity index (χ0n) is 11.3. The largest absolute Gasteiger partial charge is 0.383 e. The molecule has 6 heteroatoms. The molecule has 19 heavy (non-hydrogen) atoms.